The maximum Gasteiger partial charge on any atom is 0.141 e. The molecule has 0 bridgehead atoms. The normalized spacial score (nSPS) is 10.7. The van der Waals surface area contributed by atoms with Gasteiger partial charge in [0.15, 0.2) is 0 Å². The Kier molecular flexibility index (Phi) is 3.28. The zero-order valence-corrected chi connectivity index (χ0v) is 12.5. The summed E-state index contributed by atoms with van der Waals surface area (Å²) in [6.07, 6.45) is 1.55. The molecule has 0 spiro atoms. The molecule has 0 aliphatic heterocycles. The van der Waals surface area contributed by atoms with Gasteiger partial charge in [-0.2, -0.15) is 0 Å². The first kappa shape index (κ1) is 12.9. The Morgan fingerprint density at radius 2 is 1.95 bits per heavy atom. The molecule has 4 nitrogen and oxygen atoms in total. The van der Waals surface area contributed by atoms with Crippen LogP contribution in [0.15, 0.2) is 47.2 Å². The first-order valence-electron chi connectivity index (χ1n) is 6.17. The standard InChI is InChI=1S/C15H13BrN4/c1-9-6-10(16)2-4-13(9)20-15-12-7-11(17)3-5-14(12)18-8-19-15/h2-8H,17H2,1H3,(H,18,19,20). The minimum absolute atomic E-state index is 0.697. The number of aryl methyl sites for hydroxylation is 1. The van der Waals surface area contributed by atoms with Gasteiger partial charge in [0, 0.05) is 21.2 Å². The fourth-order valence-corrected chi connectivity index (χ4v) is 2.54. The van der Waals surface area contributed by atoms with Crippen LogP contribution >= 0.6 is 15.9 Å². The summed E-state index contributed by atoms with van der Waals surface area (Å²) < 4.78 is 1.05. The molecule has 0 fully saturated rings. The van der Waals surface area contributed by atoms with E-state index in [0.29, 0.717) is 5.69 Å². The maximum atomic E-state index is 5.85. The Morgan fingerprint density at radius 3 is 2.75 bits per heavy atom. The average molecular weight is 329 g/mol. The highest BCUT2D eigenvalue weighted by atomic mass is 79.9. The number of nitrogens with two attached hydrogens (primary N) is 1. The van der Waals surface area contributed by atoms with Crippen LogP contribution in [0.25, 0.3) is 10.9 Å². The summed E-state index contributed by atoms with van der Waals surface area (Å²) in [5, 5.41) is 4.25. The Labute approximate surface area is 125 Å². The molecular weight excluding hydrogens is 316 g/mol. The second kappa shape index (κ2) is 5.09. The molecule has 100 valence electrons. The van der Waals surface area contributed by atoms with Crippen molar-refractivity contribution in [1.82, 2.24) is 9.97 Å². The molecule has 0 saturated heterocycles. The number of nitrogens with zero attached hydrogens (tertiary/aromatic N) is 2. The lowest BCUT2D eigenvalue weighted by Crippen LogP contribution is -1.98. The molecule has 3 aromatic rings. The summed E-state index contributed by atoms with van der Waals surface area (Å²) in [5.74, 6) is 0.757. The van der Waals surface area contributed by atoms with Gasteiger partial charge in [0.25, 0.3) is 0 Å². The minimum atomic E-state index is 0.697. The highest BCUT2D eigenvalue weighted by molar-refractivity contribution is 9.10. The largest absolute Gasteiger partial charge is 0.399 e. The number of benzene rings is 2. The molecule has 5 heteroatoms. The van der Waals surface area contributed by atoms with Crippen LogP contribution in [-0.2, 0) is 0 Å². The fourth-order valence-electron chi connectivity index (χ4n) is 2.07. The molecule has 0 aliphatic carbocycles. The van der Waals surface area contributed by atoms with E-state index in [1.54, 1.807) is 6.33 Å². The zero-order valence-electron chi connectivity index (χ0n) is 10.9. The van der Waals surface area contributed by atoms with Crippen LogP contribution in [0.5, 0.6) is 0 Å². The van der Waals surface area contributed by atoms with Crippen LogP contribution in [0.3, 0.4) is 0 Å². The lowest BCUT2D eigenvalue weighted by Gasteiger charge is -2.11. The molecule has 0 radical (unpaired) electrons. The summed E-state index contributed by atoms with van der Waals surface area (Å²) in [6.45, 7) is 2.05. The predicted octanol–water partition coefficient (Wildman–Crippen LogP) is 4.03. The maximum absolute atomic E-state index is 5.85. The Bertz CT molecular complexity index is 786. The van der Waals surface area contributed by atoms with Crippen molar-refractivity contribution in [2.75, 3.05) is 11.1 Å². The quantitative estimate of drug-likeness (QED) is 0.697. The van der Waals surface area contributed by atoms with E-state index in [9.17, 15) is 0 Å². The van der Waals surface area contributed by atoms with Crippen LogP contribution in [0.4, 0.5) is 17.2 Å². The molecule has 1 aromatic heterocycles. The van der Waals surface area contributed by atoms with E-state index >= 15 is 0 Å². The number of nitrogen functional groups attached to an aromatic ring is 1. The van der Waals surface area contributed by atoms with Gasteiger partial charge < -0.3 is 11.1 Å². The minimum Gasteiger partial charge on any atom is -0.399 e. The number of aromatic nitrogens is 2. The van der Waals surface area contributed by atoms with E-state index in [1.165, 1.54) is 0 Å². The smallest absolute Gasteiger partial charge is 0.141 e. The van der Waals surface area contributed by atoms with Crippen molar-refractivity contribution in [2.45, 2.75) is 6.92 Å². The third-order valence-electron chi connectivity index (χ3n) is 3.10. The van der Waals surface area contributed by atoms with Crippen molar-refractivity contribution in [3.8, 4) is 0 Å². The van der Waals surface area contributed by atoms with Crippen molar-refractivity contribution in [2.24, 2.45) is 0 Å². The van der Waals surface area contributed by atoms with Gasteiger partial charge in [-0.25, -0.2) is 9.97 Å². The van der Waals surface area contributed by atoms with Gasteiger partial charge in [-0.05, 0) is 48.9 Å². The van der Waals surface area contributed by atoms with Gasteiger partial charge in [0.2, 0.25) is 0 Å². The summed E-state index contributed by atoms with van der Waals surface area (Å²) in [6, 6.07) is 11.7. The van der Waals surface area contributed by atoms with Crippen molar-refractivity contribution in [3.63, 3.8) is 0 Å². The van der Waals surface area contributed by atoms with E-state index in [-0.39, 0.29) is 0 Å². The van der Waals surface area contributed by atoms with Crippen molar-refractivity contribution >= 4 is 44.0 Å². The first-order valence-corrected chi connectivity index (χ1v) is 6.96. The SMILES string of the molecule is Cc1cc(Br)ccc1Nc1ncnc2ccc(N)cc12. The second-order valence-electron chi connectivity index (χ2n) is 4.58. The molecule has 0 amide bonds. The first-order chi connectivity index (χ1) is 9.63. The zero-order chi connectivity index (χ0) is 14.1. The molecule has 0 atom stereocenters. The monoisotopic (exact) mass is 328 g/mol. The average Bonchev–Trinajstić information content (AvgIpc) is 2.42. The molecule has 0 saturated carbocycles. The highest BCUT2D eigenvalue weighted by Gasteiger charge is 2.06. The van der Waals surface area contributed by atoms with Gasteiger partial charge in [-0.3, -0.25) is 0 Å². The lowest BCUT2D eigenvalue weighted by atomic mass is 10.2. The fraction of sp³-hybridized carbons (Fsp3) is 0.0667. The molecule has 2 aromatic carbocycles. The van der Waals surface area contributed by atoms with Gasteiger partial charge >= 0.3 is 0 Å². The number of rotatable bonds is 2. The third-order valence-corrected chi connectivity index (χ3v) is 3.59. The van der Waals surface area contributed by atoms with Crippen LogP contribution in [0.1, 0.15) is 5.56 Å². The van der Waals surface area contributed by atoms with E-state index in [1.807, 2.05) is 37.3 Å². The number of halogens is 1. The summed E-state index contributed by atoms with van der Waals surface area (Å²) >= 11 is 3.46. The molecule has 20 heavy (non-hydrogen) atoms. The molecule has 0 unspecified atom stereocenters. The highest BCUT2D eigenvalue weighted by Crippen LogP contribution is 2.27. The van der Waals surface area contributed by atoms with Gasteiger partial charge in [0.1, 0.15) is 12.1 Å². The topological polar surface area (TPSA) is 63.8 Å². The Balaban J connectivity index is 2.08. The van der Waals surface area contributed by atoms with Crippen LogP contribution < -0.4 is 11.1 Å². The van der Waals surface area contributed by atoms with E-state index in [2.05, 4.69) is 37.3 Å². The number of nitrogens with one attached hydrogen (secondary N) is 1. The lowest BCUT2D eigenvalue weighted by molar-refractivity contribution is 1.21. The summed E-state index contributed by atoms with van der Waals surface area (Å²) in [4.78, 5) is 8.56. The van der Waals surface area contributed by atoms with Gasteiger partial charge in [-0.1, -0.05) is 15.9 Å². The number of hydrogen-bond donors (Lipinski definition) is 2. The van der Waals surface area contributed by atoms with E-state index < -0.39 is 0 Å². The number of hydrogen-bond acceptors (Lipinski definition) is 4. The van der Waals surface area contributed by atoms with Crippen LogP contribution in [0, 0.1) is 6.92 Å². The predicted molar refractivity (Wildman–Crippen MR) is 86.1 cm³/mol. The third kappa shape index (κ3) is 2.44. The number of anilines is 3. The van der Waals surface area contributed by atoms with Crippen molar-refractivity contribution in [3.05, 3.63) is 52.8 Å². The number of fused-ring (bicyclic) bond motifs is 1. The Hall–Kier alpha value is -2.14. The van der Waals surface area contributed by atoms with Crippen LogP contribution in [0.2, 0.25) is 0 Å². The molecule has 3 N–H and O–H groups in total. The van der Waals surface area contributed by atoms with E-state index in [4.69, 9.17) is 5.73 Å². The molecular formula is C15H13BrN4. The van der Waals surface area contributed by atoms with Gasteiger partial charge in [-0.15, -0.1) is 0 Å². The van der Waals surface area contributed by atoms with Crippen molar-refractivity contribution < 1.29 is 0 Å². The summed E-state index contributed by atoms with van der Waals surface area (Å²) in [5.41, 5.74) is 9.55. The molecule has 0 aliphatic rings. The van der Waals surface area contributed by atoms with Gasteiger partial charge in [0.05, 0.1) is 5.52 Å². The molecule has 3 rings (SSSR count). The van der Waals surface area contributed by atoms with Crippen molar-refractivity contribution in [1.29, 1.82) is 0 Å². The summed E-state index contributed by atoms with van der Waals surface area (Å²) in [7, 11) is 0. The van der Waals surface area contributed by atoms with Crippen LogP contribution in [-0.4, -0.2) is 9.97 Å². The van der Waals surface area contributed by atoms with E-state index in [0.717, 1.165) is 32.4 Å². The second-order valence-corrected chi connectivity index (χ2v) is 5.50. The molecule has 1 heterocycles. The Morgan fingerprint density at radius 1 is 1.10 bits per heavy atom.